The fraction of sp³-hybridized carbons (Fsp3) is 0.474. The number of benzene rings is 1. The van der Waals surface area contributed by atoms with E-state index in [4.69, 9.17) is 11.5 Å². The lowest BCUT2D eigenvalue weighted by molar-refractivity contribution is 0.328. The third-order valence-electron chi connectivity index (χ3n) is 5.03. The van der Waals surface area contributed by atoms with Crippen LogP contribution in [0.25, 0.3) is 22.6 Å². The predicted molar refractivity (Wildman–Crippen MR) is 110 cm³/mol. The first kappa shape index (κ1) is 20.1. The summed E-state index contributed by atoms with van der Waals surface area (Å²) in [6.45, 7) is 6.89. The van der Waals surface area contributed by atoms with Crippen molar-refractivity contribution in [1.82, 2.24) is 24.0 Å². The first-order valence-corrected chi connectivity index (χ1v) is 9.38. The number of nitrogens with zero attached hydrogens (tertiary/aromatic N) is 5. The molecule has 0 unspecified atom stereocenters. The van der Waals surface area contributed by atoms with Crippen molar-refractivity contribution in [1.29, 1.82) is 0 Å². The molecule has 0 aromatic heterocycles. The van der Waals surface area contributed by atoms with Crippen LogP contribution in [0.5, 0.6) is 0 Å². The van der Waals surface area contributed by atoms with Crippen LogP contribution in [0.1, 0.15) is 11.1 Å². The topological polar surface area (TPSA) is 125 Å². The van der Waals surface area contributed by atoms with E-state index in [-0.39, 0.29) is 18.8 Å². The van der Waals surface area contributed by atoms with Crippen molar-refractivity contribution >= 4 is 11.0 Å². The maximum absolute atomic E-state index is 12.9. The summed E-state index contributed by atoms with van der Waals surface area (Å²) in [4.78, 5) is 36.2. The van der Waals surface area contributed by atoms with Crippen LogP contribution in [-0.4, -0.2) is 57.2 Å². The van der Waals surface area contributed by atoms with Crippen LogP contribution < -0.4 is 22.7 Å². The smallest absolute Gasteiger partial charge is 0.329 e. The molecular formula is C19H27N7O2. The molecule has 2 aliphatic heterocycles. The molecule has 0 spiro atoms. The van der Waals surface area contributed by atoms with E-state index in [0.29, 0.717) is 31.0 Å². The molecule has 1 aromatic rings. The number of hydrogen-bond acceptors (Lipinski definition) is 7. The standard InChI is InChI=1S/C19H27N7O2/c1-12-10-14-15(11-13(12)2)25(9-8-24(3)6-4-20)17-16(22-14)18(27)26(7-5-21)19(28)23-17/h10-11H,4-9,20-21H2,1-3H3. The Balaban J connectivity index is 2.29. The molecule has 28 heavy (non-hydrogen) atoms. The van der Waals surface area contributed by atoms with Crippen molar-refractivity contribution in [2.75, 3.05) is 33.2 Å². The van der Waals surface area contributed by atoms with Crippen LogP contribution in [0, 0.1) is 13.8 Å². The largest absolute Gasteiger partial charge is 0.352 e. The number of fused-ring (bicyclic) bond motifs is 2. The third kappa shape index (κ3) is 3.68. The van der Waals surface area contributed by atoms with Gasteiger partial charge in [0.25, 0.3) is 5.56 Å². The molecule has 2 aliphatic rings. The van der Waals surface area contributed by atoms with Gasteiger partial charge in [0.1, 0.15) is 0 Å². The molecule has 0 atom stereocenters. The van der Waals surface area contributed by atoms with Gasteiger partial charge in [-0.15, -0.1) is 0 Å². The maximum atomic E-state index is 12.9. The van der Waals surface area contributed by atoms with Crippen molar-refractivity contribution in [3.63, 3.8) is 0 Å². The van der Waals surface area contributed by atoms with Crippen LogP contribution in [0.2, 0.25) is 0 Å². The van der Waals surface area contributed by atoms with Gasteiger partial charge in [-0.25, -0.2) is 9.78 Å². The average Bonchev–Trinajstić information content (AvgIpc) is 2.65. The molecule has 0 bridgehead atoms. The van der Waals surface area contributed by atoms with E-state index in [2.05, 4.69) is 14.9 Å². The molecule has 0 saturated heterocycles. The van der Waals surface area contributed by atoms with Crippen molar-refractivity contribution in [2.45, 2.75) is 26.9 Å². The number of nitrogens with two attached hydrogens (primary N) is 2. The lowest BCUT2D eigenvalue weighted by atomic mass is 10.1. The highest BCUT2D eigenvalue weighted by molar-refractivity contribution is 5.81. The molecule has 0 radical (unpaired) electrons. The Hall–Kier alpha value is -2.62. The van der Waals surface area contributed by atoms with E-state index in [1.807, 2.05) is 37.6 Å². The molecule has 0 saturated carbocycles. The number of aryl methyl sites for hydroxylation is 2. The Kier molecular flexibility index (Phi) is 5.87. The summed E-state index contributed by atoms with van der Waals surface area (Å²) in [7, 11) is 1.98. The van der Waals surface area contributed by atoms with E-state index < -0.39 is 11.2 Å². The Morgan fingerprint density at radius 3 is 2.36 bits per heavy atom. The number of aromatic nitrogens is 4. The first-order valence-electron chi connectivity index (χ1n) is 9.38. The fourth-order valence-corrected chi connectivity index (χ4v) is 3.28. The summed E-state index contributed by atoms with van der Waals surface area (Å²) >= 11 is 0. The van der Waals surface area contributed by atoms with Gasteiger partial charge in [0.2, 0.25) is 0 Å². The van der Waals surface area contributed by atoms with Crippen molar-refractivity contribution < 1.29 is 0 Å². The molecule has 0 aliphatic carbocycles. The van der Waals surface area contributed by atoms with Crippen LogP contribution in [-0.2, 0) is 13.1 Å². The highest BCUT2D eigenvalue weighted by Crippen LogP contribution is 2.23. The van der Waals surface area contributed by atoms with Crippen molar-refractivity contribution in [3.05, 3.63) is 44.1 Å². The van der Waals surface area contributed by atoms with Gasteiger partial charge in [-0.05, 0) is 44.2 Å². The highest BCUT2D eigenvalue weighted by Gasteiger charge is 2.21. The minimum atomic E-state index is -0.600. The minimum absolute atomic E-state index is 0.118. The molecule has 4 N–H and O–H groups in total. The predicted octanol–water partition coefficient (Wildman–Crippen LogP) is -0.476. The molecule has 9 heteroatoms. The quantitative estimate of drug-likeness (QED) is 0.526. The zero-order valence-electron chi connectivity index (χ0n) is 16.6. The van der Waals surface area contributed by atoms with Crippen molar-refractivity contribution in [3.8, 4) is 11.5 Å². The Labute approximate surface area is 162 Å². The maximum Gasteiger partial charge on any atom is 0.352 e. The van der Waals surface area contributed by atoms with Crippen LogP contribution in [0.3, 0.4) is 0 Å². The van der Waals surface area contributed by atoms with Gasteiger partial charge < -0.3 is 20.9 Å². The van der Waals surface area contributed by atoms with Gasteiger partial charge in [0.05, 0.1) is 11.0 Å². The lowest BCUT2D eigenvalue weighted by Gasteiger charge is -2.21. The fourth-order valence-electron chi connectivity index (χ4n) is 3.28. The van der Waals surface area contributed by atoms with Crippen LogP contribution in [0.15, 0.2) is 21.7 Å². The Morgan fingerprint density at radius 1 is 0.964 bits per heavy atom. The number of rotatable bonds is 7. The lowest BCUT2D eigenvalue weighted by Crippen LogP contribution is -2.40. The molecule has 9 nitrogen and oxygen atoms in total. The molecule has 3 rings (SSSR count). The second-order valence-electron chi connectivity index (χ2n) is 7.09. The molecule has 2 heterocycles. The summed E-state index contributed by atoms with van der Waals surface area (Å²) in [5.41, 5.74) is 14.0. The van der Waals surface area contributed by atoms with E-state index in [9.17, 15) is 9.59 Å². The second-order valence-corrected chi connectivity index (χ2v) is 7.09. The van der Waals surface area contributed by atoms with Gasteiger partial charge >= 0.3 is 5.69 Å². The number of likely N-dealkylation sites (N-methyl/N-ethyl adjacent to an activating group) is 1. The summed E-state index contributed by atoms with van der Waals surface area (Å²) in [5.74, 6) is 0.306. The van der Waals surface area contributed by atoms with Gasteiger partial charge in [-0.3, -0.25) is 9.36 Å². The van der Waals surface area contributed by atoms with Crippen LogP contribution >= 0.6 is 0 Å². The SMILES string of the molecule is Cc1cc2nc3c(=O)n(CCN)c(=O)nc-3n(CCN(C)CCN)c2cc1C. The second kappa shape index (κ2) is 8.17. The minimum Gasteiger partial charge on any atom is -0.329 e. The van der Waals surface area contributed by atoms with E-state index in [1.54, 1.807) is 0 Å². The van der Waals surface area contributed by atoms with Gasteiger partial charge in [0, 0.05) is 39.3 Å². The summed E-state index contributed by atoms with van der Waals surface area (Å²) < 4.78 is 2.96. The molecule has 150 valence electrons. The molecule has 0 fully saturated rings. The third-order valence-corrected chi connectivity index (χ3v) is 5.03. The number of hydrogen-bond donors (Lipinski definition) is 2. The van der Waals surface area contributed by atoms with Gasteiger partial charge in [0.15, 0.2) is 11.5 Å². The molecular weight excluding hydrogens is 358 g/mol. The van der Waals surface area contributed by atoms with E-state index >= 15 is 0 Å². The Bertz CT molecular complexity index is 1090. The summed E-state index contributed by atoms with van der Waals surface area (Å²) in [6, 6.07) is 3.99. The summed E-state index contributed by atoms with van der Waals surface area (Å²) in [6.07, 6.45) is 0. The monoisotopic (exact) mass is 385 g/mol. The van der Waals surface area contributed by atoms with Crippen molar-refractivity contribution in [2.24, 2.45) is 11.5 Å². The zero-order chi connectivity index (χ0) is 20.4. The Morgan fingerprint density at radius 2 is 1.68 bits per heavy atom. The van der Waals surface area contributed by atoms with E-state index in [0.717, 1.165) is 27.8 Å². The molecule has 1 aromatic carbocycles. The average molecular weight is 385 g/mol. The van der Waals surface area contributed by atoms with Gasteiger partial charge in [-0.1, -0.05) is 0 Å². The van der Waals surface area contributed by atoms with Gasteiger partial charge in [-0.2, -0.15) is 4.98 Å². The normalized spacial score (nSPS) is 11.8. The summed E-state index contributed by atoms with van der Waals surface area (Å²) in [5, 5.41) is 0. The first-order chi connectivity index (χ1) is 13.4. The van der Waals surface area contributed by atoms with E-state index in [1.165, 1.54) is 0 Å². The zero-order valence-corrected chi connectivity index (χ0v) is 16.6. The highest BCUT2D eigenvalue weighted by atomic mass is 16.2. The molecule has 0 amide bonds. The van der Waals surface area contributed by atoms with Crippen LogP contribution in [0.4, 0.5) is 0 Å².